The van der Waals surface area contributed by atoms with Crippen molar-refractivity contribution in [3.63, 3.8) is 0 Å². The highest BCUT2D eigenvalue weighted by atomic mass is 16.1. The number of hydrogen-bond acceptors (Lipinski definition) is 3. The van der Waals surface area contributed by atoms with Crippen molar-refractivity contribution in [2.75, 3.05) is 14.1 Å². The number of rotatable bonds is 2. The van der Waals surface area contributed by atoms with Crippen LogP contribution in [0.5, 0.6) is 0 Å². The van der Waals surface area contributed by atoms with E-state index in [9.17, 15) is 14.4 Å². The van der Waals surface area contributed by atoms with Gasteiger partial charge in [-0.05, 0) is 19.8 Å². The maximum Gasteiger partial charge on any atom is 0.209 e. The SMILES string of the molecule is CCC(C)=O.CN(C)C=O.O=C1CCCCC1. The number of carbonyl (C=O) groups is 3. The van der Waals surface area contributed by atoms with E-state index in [1.165, 1.54) is 11.3 Å². The first-order chi connectivity index (χ1) is 7.93. The van der Waals surface area contributed by atoms with Crippen LogP contribution in [0.2, 0.25) is 0 Å². The smallest absolute Gasteiger partial charge is 0.209 e. The molecule has 0 unspecified atom stereocenters. The lowest BCUT2D eigenvalue weighted by molar-refractivity contribution is -0.120. The summed E-state index contributed by atoms with van der Waals surface area (Å²) < 4.78 is 0. The maximum atomic E-state index is 10.5. The minimum Gasteiger partial charge on any atom is -0.351 e. The zero-order valence-electron chi connectivity index (χ0n) is 11.5. The minimum absolute atomic E-state index is 0.255. The average Bonchev–Trinajstić information content (AvgIpc) is 2.31. The van der Waals surface area contributed by atoms with Gasteiger partial charge in [-0.1, -0.05) is 13.3 Å². The summed E-state index contributed by atoms with van der Waals surface area (Å²) in [5, 5.41) is 0. The summed E-state index contributed by atoms with van der Waals surface area (Å²) in [4.78, 5) is 31.2. The Kier molecular flexibility index (Phi) is 13.8. The summed E-state index contributed by atoms with van der Waals surface area (Å²) in [5.41, 5.74) is 0. The lowest BCUT2D eigenvalue weighted by Gasteiger charge is -2.05. The fourth-order valence-electron chi connectivity index (χ4n) is 0.946. The fraction of sp³-hybridized carbons (Fsp3) is 0.769. The van der Waals surface area contributed by atoms with Gasteiger partial charge in [-0.3, -0.25) is 9.59 Å². The van der Waals surface area contributed by atoms with Crippen molar-refractivity contribution in [2.45, 2.75) is 52.4 Å². The van der Waals surface area contributed by atoms with Crippen LogP contribution >= 0.6 is 0 Å². The molecule has 0 aromatic carbocycles. The number of Topliss-reactive ketones (excluding diaryl/α,β-unsaturated/α-hetero) is 2. The molecule has 0 atom stereocenters. The number of ketones is 2. The van der Waals surface area contributed by atoms with Gasteiger partial charge in [0.25, 0.3) is 0 Å². The van der Waals surface area contributed by atoms with Gasteiger partial charge in [0.15, 0.2) is 0 Å². The van der Waals surface area contributed by atoms with Gasteiger partial charge < -0.3 is 9.69 Å². The Morgan fingerprint density at radius 3 is 1.71 bits per heavy atom. The summed E-state index contributed by atoms with van der Waals surface area (Å²) in [7, 11) is 3.38. The van der Waals surface area contributed by atoms with E-state index < -0.39 is 0 Å². The van der Waals surface area contributed by atoms with Crippen LogP contribution in [-0.4, -0.2) is 37.0 Å². The Bertz CT molecular complexity index is 217. The molecule has 0 saturated heterocycles. The van der Waals surface area contributed by atoms with Crippen LogP contribution in [0.3, 0.4) is 0 Å². The fourth-order valence-corrected chi connectivity index (χ4v) is 0.946. The Morgan fingerprint density at radius 2 is 1.59 bits per heavy atom. The molecule has 100 valence electrons. The van der Waals surface area contributed by atoms with Gasteiger partial charge in [-0.15, -0.1) is 0 Å². The first kappa shape index (κ1) is 18.2. The van der Waals surface area contributed by atoms with E-state index in [0.29, 0.717) is 12.2 Å². The Hall–Kier alpha value is -1.19. The summed E-state index contributed by atoms with van der Waals surface area (Å²) in [5.74, 6) is 0.719. The molecule has 0 aromatic rings. The van der Waals surface area contributed by atoms with Gasteiger partial charge in [-0.25, -0.2) is 0 Å². The Morgan fingerprint density at radius 1 is 1.24 bits per heavy atom. The van der Waals surface area contributed by atoms with Gasteiger partial charge in [0, 0.05) is 33.4 Å². The third kappa shape index (κ3) is 20.8. The predicted octanol–water partition coefficient (Wildman–Crippen LogP) is 2.21. The summed E-state index contributed by atoms with van der Waals surface area (Å²) in [6.45, 7) is 3.43. The lowest BCUT2D eigenvalue weighted by atomic mass is 10.00. The van der Waals surface area contributed by atoms with Gasteiger partial charge in [-0.2, -0.15) is 0 Å². The van der Waals surface area contributed by atoms with Gasteiger partial charge in [0.2, 0.25) is 6.41 Å². The summed E-state index contributed by atoms with van der Waals surface area (Å²) >= 11 is 0. The second-order valence-electron chi connectivity index (χ2n) is 4.22. The highest BCUT2D eigenvalue weighted by molar-refractivity contribution is 5.78. The van der Waals surface area contributed by atoms with Crippen molar-refractivity contribution in [2.24, 2.45) is 0 Å². The molecule has 1 rings (SSSR count). The van der Waals surface area contributed by atoms with Crippen LogP contribution in [0.25, 0.3) is 0 Å². The van der Waals surface area contributed by atoms with Gasteiger partial charge >= 0.3 is 0 Å². The molecule has 1 amide bonds. The second kappa shape index (κ2) is 12.9. The monoisotopic (exact) mass is 243 g/mol. The molecule has 0 radical (unpaired) electrons. The molecule has 0 heterocycles. The van der Waals surface area contributed by atoms with E-state index in [4.69, 9.17) is 0 Å². The van der Waals surface area contributed by atoms with Crippen molar-refractivity contribution in [3.05, 3.63) is 0 Å². The molecule has 1 saturated carbocycles. The van der Waals surface area contributed by atoms with E-state index in [1.54, 1.807) is 21.0 Å². The molecule has 1 fully saturated rings. The van der Waals surface area contributed by atoms with Gasteiger partial charge in [0.05, 0.1) is 0 Å². The molecule has 17 heavy (non-hydrogen) atoms. The minimum atomic E-state index is 0.255. The zero-order chi connectivity index (χ0) is 13.7. The highest BCUT2D eigenvalue weighted by Crippen LogP contribution is 2.12. The second-order valence-corrected chi connectivity index (χ2v) is 4.22. The molecule has 0 bridgehead atoms. The van der Waals surface area contributed by atoms with Crippen molar-refractivity contribution in [1.29, 1.82) is 0 Å². The van der Waals surface area contributed by atoms with Crippen LogP contribution in [0, 0.1) is 0 Å². The van der Waals surface area contributed by atoms with Crippen molar-refractivity contribution in [3.8, 4) is 0 Å². The predicted molar refractivity (Wildman–Crippen MR) is 68.8 cm³/mol. The topological polar surface area (TPSA) is 54.5 Å². The van der Waals surface area contributed by atoms with Gasteiger partial charge in [0.1, 0.15) is 11.6 Å². The first-order valence-electron chi connectivity index (χ1n) is 6.06. The Labute approximate surface area is 104 Å². The van der Waals surface area contributed by atoms with Crippen LogP contribution in [0.4, 0.5) is 0 Å². The molecule has 0 aliphatic heterocycles. The average molecular weight is 243 g/mol. The van der Waals surface area contributed by atoms with Crippen molar-refractivity contribution in [1.82, 2.24) is 4.90 Å². The lowest BCUT2D eigenvalue weighted by Crippen LogP contribution is -2.06. The molecule has 1 aliphatic carbocycles. The third-order valence-electron chi connectivity index (χ3n) is 2.12. The molecular formula is C13H25NO3. The van der Waals surface area contributed by atoms with Crippen LogP contribution in [-0.2, 0) is 14.4 Å². The summed E-state index contributed by atoms with van der Waals surface area (Å²) in [6, 6.07) is 0. The van der Waals surface area contributed by atoms with Crippen LogP contribution in [0.1, 0.15) is 52.4 Å². The quantitative estimate of drug-likeness (QED) is 0.699. The number of amides is 1. The van der Waals surface area contributed by atoms with E-state index in [1.807, 2.05) is 6.92 Å². The molecule has 4 heteroatoms. The Balaban J connectivity index is 0. The van der Waals surface area contributed by atoms with E-state index in [2.05, 4.69) is 0 Å². The highest BCUT2D eigenvalue weighted by Gasteiger charge is 2.05. The number of carbonyl (C=O) groups excluding carboxylic acids is 3. The normalized spacial score (nSPS) is 13.5. The standard InChI is InChI=1S/C6H10O.C4H8O.C3H7NO/c7-6-4-2-1-3-5-6;1-3-4(2)5;1-4(2)3-5/h1-5H2;3H2,1-2H3;3H,1-2H3. The van der Waals surface area contributed by atoms with E-state index in [0.717, 1.165) is 32.1 Å². The first-order valence-corrected chi connectivity index (χ1v) is 6.06. The van der Waals surface area contributed by atoms with Crippen LogP contribution in [0.15, 0.2) is 0 Å². The molecule has 4 nitrogen and oxygen atoms in total. The molecule has 0 N–H and O–H groups in total. The largest absolute Gasteiger partial charge is 0.351 e. The molecule has 1 aliphatic rings. The van der Waals surface area contributed by atoms with Crippen LogP contribution < -0.4 is 0 Å². The van der Waals surface area contributed by atoms with Crippen molar-refractivity contribution < 1.29 is 14.4 Å². The van der Waals surface area contributed by atoms with E-state index in [-0.39, 0.29) is 5.78 Å². The zero-order valence-corrected chi connectivity index (χ0v) is 11.5. The molecule has 0 spiro atoms. The maximum absolute atomic E-state index is 10.5. The number of hydrogen-bond donors (Lipinski definition) is 0. The van der Waals surface area contributed by atoms with Crippen molar-refractivity contribution >= 4 is 18.0 Å². The molecular weight excluding hydrogens is 218 g/mol. The number of nitrogens with zero attached hydrogens (tertiary/aromatic N) is 1. The third-order valence-corrected chi connectivity index (χ3v) is 2.12. The molecule has 0 aromatic heterocycles. The summed E-state index contributed by atoms with van der Waals surface area (Å²) in [6.07, 6.45) is 6.66. The van der Waals surface area contributed by atoms with E-state index >= 15 is 0 Å².